The van der Waals surface area contributed by atoms with Crippen LogP contribution in [0.15, 0.2) is 42.5 Å². The number of halogens is 2. The van der Waals surface area contributed by atoms with Crippen molar-refractivity contribution in [3.8, 4) is 0 Å². The van der Waals surface area contributed by atoms with Crippen molar-refractivity contribution in [1.82, 2.24) is 5.32 Å². The van der Waals surface area contributed by atoms with Gasteiger partial charge < -0.3 is 5.32 Å². The maximum Gasteiger partial charge on any atom is 0.244 e. The first-order chi connectivity index (χ1) is 12.5. The van der Waals surface area contributed by atoms with E-state index in [2.05, 4.69) is 5.32 Å². The van der Waals surface area contributed by atoms with E-state index < -0.39 is 28.0 Å². The number of sulfonamides is 1. The molecule has 0 saturated carbocycles. The maximum absolute atomic E-state index is 13.1. The molecular formula is C19H22ClFN2O3S. The maximum atomic E-state index is 13.1. The van der Waals surface area contributed by atoms with E-state index >= 15 is 0 Å². The van der Waals surface area contributed by atoms with Crippen LogP contribution >= 0.6 is 11.6 Å². The zero-order valence-electron chi connectivity index (χ0n) is 15.5. The lowest BCUT2D eigenvalue weighted by atomic mass is 10.1. The molecule has 2 atom stereocenters. The third-order valence-electron chi connectivity index (χ3n) is 4.23. The Kier molecular flexibility index (Phi) is 6.49. The first-order valence-electron chi connectivity index (χ1n) is 8.32. The number of anilines is 1. The van der Waals surface area contributed by atoms with Crippen molar-refractivity contribution >= 4 is 33.2 Å². The number of carbonyl (C=O) groups excluding carboxylic acids is 1. The Labute approximate surface area is 164 Å². The van der Waals surface area contributed by atoms with Crippen molar-refractivity contribution in [2.75, 3.05) is 10.6 Å². The normalized spacial score (nSPS) is 13.7. The van der Waals surface area contributed by atoms with Crippen LogP contribution in [0, 0.1) is 12.7 Å². The fourth-order valence-electron chi connectivity index (χ4n) is 2.77. The highest BCUT2D eigenvalue weighted by Gasteiger charge is 2.31. The van der Waals surface area contributed by atoms with Gasteiger partial charge in [0.2, 0.25) is 15.9 Å². The Morgan fingerprint density at radius 3 is 2.30 bits per heavy atom. The summed E-state index contributed by atoms with van der Waals surface area (Å²) in [5, 5.41) is 3.14. The Bertz CT molecular complexity index is 932. The zero-order chi connectivity index (χ0) is 20.4. The van der Waals surface area contributed by atoms with Crippen molar-refractivity contribution in [2.45, 2.75) is 32.9 Å². The van der Waals surface area contributed by atoms with E-state index in [4.69, 9.17) is 11.6 Å². The second-order valence-electron chi connectivity index (χ2n) is 6.45. The molecule has 8 heteroatoms. The molecule has 2 aromatic rings. The van der Waals surface area contributed by atoms with Gasteiger partial charge in [0, 0.05) is 5.02 Å². The van der Waals surface area contributed by atoms with Gasteiger partial charge in [0.1, 0.15) is 11.9 Å². The molecule has 0 aliphatic carbocycles. The lowest BCUT2D eigenvalue weighted by Gasteiger charge is -2.30. The van der Waals surface area contributed by atoms with Gasteiger partial charge in [-0.3, -0.25) is 9.10 Å². The lowest BCUT2D eigenvalue weighted by Crippen LogP contribution is -2.48. The molecule has 2 unspecified atom stereocenters. The predicted octanol–water partition coefficient (Wildman–Crippen LogP) is 3.82. The summed E-state index contributed by atoms with van der Waals surface area (Å²) in [5.74, 6) is -0.845. The summed E-state index contributed by atoms with van der Waals surface area (Å²) in [5.41, 5.74) is 1.74. The van der Waals surface area contributed by atoms with E-state index in [9.17, 15) is 17.6 Å². The SMILES string of the molecule is Cc1ccc(Cl)cc1N(C(C)C(=O)NC(C)c1ccc(F)cc1)S(C)(=O)=O. The van der Waals surface area contributed by atoms with Crippen LogP contribution in [-0.2, 0) is 14.8 Å². The molecule has 0 spiro atoms. The predicted molar refractivity (Wildman–Crippen MR) is 106 cm³/mol. The fraction of sp³-hybridized carbons (Fsp3) is 0.316. The molecule has 0 radical (unpaired) electrons. The molecule has 0 bridgehead atoms. The molecule has 0 heterocycles. The van der Waals surface area contributed by atoms with Crippen molar-refractivity contribution in [1.29, 1.82) is 0 Å². The number of carbonyl (C=O) groups is 1. The first kappa shape index (κ1) is 21.2. The standard InChI is InChI=1S/C19H22ClFN2O3S/c1-12-5-8-16(20)11-18(12)23(27(4,25)26)14(3)19(24)22-13(2)15-6-9-17(21)10-7-15/h5-11,13-14H,1-4H3,(H,22,24). The third kappa shape index (κ3) is 5.20. The monoisotopic (exact) mass is 412 g/mol. The van der Waals surface area contributed by atoms with Crippen molar-refractivity contribution in [3.63, 3.8) is 0 Å². The molecule has 0 aromatic heterocycles. The first-order valence-corrected chi connectivity index (χ1v) is 10.5. The average molecular weight is 413 g/mol. The Hall–Kier alpha value is -2.12. The summed E-state index contributed by atoms with van der Waals surface area (Å²) in [6.07, 6.45) is 1.04. The van der Waals surface area contributed by atoms with Crippen LogP contribution in [0.4, 0.5) is 10.1 Å². The van der Waals surface area contributed by atoms with Crippen molar-refractivity contribution < 1.29 is 17.6 Å². The summed E-state index contributed by atoms with van der Waals surface area (Å²) in [4.78, 5) is 12.7. The van der Waals surface area contributed by atoms with Crippen LogP contribution in [0.25, 0.3) is 0 Å². The second kappa shape index (κ2) is 8.27. The second-order valence-corrected chi connectivity index (χ2v) is 8.74. The van der Waals surface area contributed by atoms with Gasteiger partial charge in [0.15, 0.2) is 0 Å². The van der Waals surface area contributed by atoms with Gasteiger partial charge in [-0.15, -0.1) is 0 Å². The Morgan fingerprint density at radius 2 is 1.74 bits per heavy atom. The van der Waals surface area contributed by atoms with E-state index in [-0.39, 0.29) is 5.82 Å². The number of aryl methyl sites for hydroxylation is 1. The molecule has 5 nitrogen and oxygen atoms in total. The molecule has 2 rings (SSSR count). The molecule has 2 aromatic carbocycles. The van der Waals surface area contributed by atoms with Crippen LogP contribution in [0.5, 0.6) is 0 Å². The van der Waals surface area contributed by atoms with E-state index in [1.54, 1.807) is 38.1 Å². The zero-order valence-corrected chi connectivity index (χ0v) is 17.1. The third-order valence-corrected chi connectivity index (χ3v) is 5.69. The molecule has 0 aliphatic rings. The largest absolute Gasteiger partial charge is 0.348 e. The number of amides is 1. The lowest BCUT2D eigenvalue weighted by molar-refractivity contribution is -0.122. The number of nitrogens with zero attached hydrogens (tertiary/aromatic N) is 1. The number of hydrogen-bond acceptors (Lipinski definition) is 3. The highest BCUT2D eigenvalue weighted by molar-refractivity contribution is 7.92. The molecule has 0 fully saturated rings. The highest BCUT2D eigenvalue weighted by Crippen LogP contribution is 2.28. The van der Waals surface area contributed by atoms with E-state index in [0.717, 1.165) is 10.6 Å². The molecule has 1 N–H and O–H groups in total. The Balaban J connectivity index is 2.30. The van der Waals surface area contributed by atoms with Gasteiger partial charge in [-0.1, -0.05) is 29.8 Å². The number of hydrogen-bond donors (Lipinski definition) is 1. The summed E-state index contributed by atoms with van der Waals surface area (Å²) in [7, 11) is -3.74. The highest BCUT2D eigenvalue weighted by atomic mass is 35.5. The quantitative estimate of drug-likeness (QED) is 0.784. The minimum absolute atomic E-state index is 0.349. The van der Waals surface area contributed by atoms with Crippen molar-refractivity contribution in [3.05, 3.63) is 64.4 Å². The molecular weight excluding hydrogens is 391 g/mol. The van der Waals surface area contributed by atoms with Gasteiger partial charge >= 0.3 is 0 Å². The number of nitrogens with one attached hydrogen (secondary N) is 1. The molecule has 1 amide bonds. The van der Waals surface area contributed by atoms with Gasteiger partial charge in [0.25, 0.3) is 0 Å². The summed E-state index contributed by atoms with van der Waals surface area (Å²) < 4.78 is 38.9. The minimum atomic E-state index is -3.74. The average Bonchev–Trinajstić information content (AvgIpc) is 2.57. The number of benzene rings is 2. The van der Waals surface area contributed by atoms with Crippen LogP contribution in [-0.4, -0.2) is 26.6 Å². The van der Waals surface area contributed by atoms with E-state index in [1.807, 2.05) is 0 Å². The number of rotatable bonds is 6. The summed E-state index contributed by atoms with van der Waals surface area (Å²) in [6.45, 7) is 5.00. The molecule has 146 valence electrons. The van der Waals surface area contributed by atoms with Gasteiger partial charge in [-0.25, -0.2) is 12.8 Å². The summed E-state index contributed by atoms with van der Waals surface area (Å²) >= 11 is 6.02. The van der Waals surface area contributed by atoms with Crippen molar-refractivity contribution in [2.24, 2.45) is 0 Å². The van der Waals surface area contributed by atoms with Crippen LogP contribution < -0.4 is 9.62 Å². The molecule has 0 saturated heterocycles. The van der Waals surface area contributed by atoms with E-state index in [0.29, 0.717) is 21.8 Å². The Morgan fingerprint density at radius 1 is 1.15 bits per heavy atom. The van der Waals surface area contributed by atoms with E-state index in [1.165, 1.54) is 25.1 Å². The molecule has 0 aliphatic heterocycles. The minimum Gasteiger partial charge on any atom is -0.348 e. The smallest absolute Gasteiger partial charge is 0.244 e. The molecule has 27 heavy (non-hydrogen) atoms. The van der Waals surface area contributed by atoms with Crippen LogP contribution in [0.2, 0.25) is 5.02 Å². The van der Waals surface area contributed by atoms with Gasteiger partial charge in [-0.05, 0) is 56.2 Å². The van der Waals surface area contributed by atoms with Crippen LogP contribution in [0.3, 0.4) is 0 Å². The van der Waals surface area contributed by atoms with Crippen LogP contribution in [0.1, 0.15) is 31.0 Å². The topological polar surface area (TPSA) is 66.5 Å². The van der Waals surface area contributed by atoms with Gasteiger partial charge in [0.05, 0.1) is 18.0 Å². The van der Waals surface area contributed by atoms with Gasteiger partial charge in [-0.2, -0.15) is 0 Å². The fourth-order valence-corrected chi connectivity index (χ4v) is 4.16. The summed E-state index contributed by atoms with van der Waals surface area (Å²) in [6, 6.07) is 9.21.